The van der Waals surface area contributed by atoms with Crippen LogP contribution in [-0.4, -0.2) is 61.1 Å². The minimum atomic E-state index is -2.92. The zero-order chi connectivity index (χ0) is 25.6. The van der Waals surface area contributed by atoms with Gasteiger partial charge in [0, 0.05) is 49.0 Å². The zero-order valence-corrected chi connectivity index (χ0v) is 19.6. The quantitative estimate of drug-likeness (QED) is 0.410. The van der Waals surface area contributed by atoms with Crippen molar-refractivity contribution in [2.24, 2.45) is 0 Å². The number of carbonyl (C=O) groups is 1. The van der Waals surface area contributed by atoms with Gasteiger partial charge >= 0.3 is 6.09 Å². The summed E-state index contributed by atoms with van der Waals surface area (Å²) in [5.41, 5.74) is 0.150. The number of imidazole rings is 1. The van der Waals surface area contributed by atoms with Crippen molar-refractivity contribution in [3.8, 4) is 0 Å². The highest BCUT2D eigenvalue weighted by Gasteiger charge is 2.28. The first-order valence-electron chi connectivity index (χ1n) is 11.4. The summed E-state index contributed by atoms with van der Waals surface area (Å²) in [6.07, 6.45) is 1.16. The van der Waals surface area contributed by atoms with E-state index in [1.54, 1.807) is 29.9 Å². The maximum atomic E-state index is 14.8. The van der Waals surface area contributed by atoms with E-state index in [1.807, 2.05) is 17.9 Å². The van der Waals surface area contributed by atoms with Crippen LogP contribution in [0.2, 0.25) is 0 Å². The number of halogens is 3. The number of aromatic nitrogens is 4. The first-order valence-corrected chi connectivity index (χ1v) is 11.4. The molecule has 2 unspecified atom stereocenters. The van der Waals surface area contributed by atoms with Crippen molar-refractivity contribution in [3.63, 3.8) is 0 Å². The van der Waals surface area contributed by atoms with Gasteiger partial charge in [-0.05, 0) is 19.9 Å². The molecule has 4 heterocycles. The molecule has 1 aliphatic rings. The molecule has 4 aromatic rings. The van der Waals surface area contributed by atoms with E-state index in [0.29, 0.717) is 48.0 Å². The Hall–Kier alpha value is -4.09. The van der Waals surface area contributed by atoms with E-state index >= 15 is 0 Å². The molecular formula is C24H24F3N7O2. The van der Waals surface area contributed by atoms with Crippen molar-refractivity contribution in [2.45, 2.75) is 32.4 Å². The second kappa shape index (κ2) is 9.17. The maximum Gasteiger partial charge on any atom is 0.407 e. The Labute approximate surface area is 204 Å². The molecule has 2 atom stereocenters. The molecule has 0 radical (unpaired) electrons. The zero-order valence-electron chi connectivity index (χ0n) is 19.6. The van der Waals surface area contributed by atoms with Crippen LogP contribution in [0.25, 0.3) is 16.7 Å². The molecule has 2 N–H and O–H groups in total. The van der Waals surface area contributed by atoms with Gasteiger partial charge in [-0.25, -0.2) is 27.9 Å². The van der Waals surface area contributed by atoms with E-state index in [2.05, 4.69) is 20.3 Å². The summed E-state index contributed by atoms with van der Waals surface area (Å²) in [5, 5.41) is 13.2. The lowest BCUT2D eigenvalue weighted by Crippen LogP contribution is -2.53. The predicted molar refractivity (Wildman–Crippen MR) is 128 cm³/mol. The number of hydrogen-bond acceptors (Lipinski definition) is 6. The van der Waals surface area contributed by atoms with Crippen molar-refractivity contribution >= 4 is 34.4 Å². The smallest absolute Gasteiger partial charge is 0.407 e. The molecule has 0 saturated carbocycles. The Balaban J connectivity index is 1.54. The third-order valence-electron chi connectivity index (χ3n) is 6.52. The van der Waals surface area contributed by atoms with Crippen LogP contribution in [-0.2, 0) is 0 Å². The highest BCUT2D eigenvalue weighted by molar-refractivity contribution is 5.92. The van der Waals surface area contributed by atoms with Gasteiger partial charge in [-0.3, -0.25) is 4.40 Å². The molecule has 0 aliphatic carbocycles. The molecule has 3 aromatic heterocycles. The summed E-state index contributed by atoms with van der Waals surface area (Å²) in [4.78, 5) is 28.2. The summed E-state index contributed by atoms with van der Waals surface area (Å²) in [6, 6.07) is 5.00. The van der Waals surface area contributed by atoms with Crippen LogP contribution in [0, 0.1) is 5.82 Å². The van der Waals surface area contributed by atoms with Crippen LogP contribution in [0.1, 0.15) is 37.4 Å². The summed E-state index contributed by atoms with van der Waals surface area (Å²) in [6.45, 7) is 4.76. The van der Waals surface area contributed by atoms with Crippen LogP contribution in [0.15, 0.2) is 42.9 Å². The number of nitrogens with zero attached hydrogens (tertiary/aromatic N) is 6. The van der Waals surface area contributed by atoms with Gasteiger partial charge in [-0.1, -0.05) is 18.2 Å². The third-order valence-corrected chi connectivity index (χ3v) is 6.52. The topological polar surface area (TPSA) is 98.9 Å². The fraction of sp³-hybridized carbons (Fsp3) is 0.333. The average Bonchev–Trinajstić information content (AvgIpc) is 3.32. The molecular weight excluding hydrogens is 475 g/mol. The minimum Gasteiger partial charge on any atom is -0.465 e. The number of anilines is 2. The van der Waals surface area contributed by atoms with E-state index in [9.17, 15) is 23.1 Å². The molecule has 5 rings (SSSR count). The van der Waals surface area contributed by atoms with Gasteiger partial charge in [0.05, 0.1) is 23.3 Å². The maximum absolute atomic E-state index is 14.8. The number of benzene rings is 1. The van der Waals surface area contributed by atoms with Gasteiger partial charge in [0.1, 0.15) is 17.5 Å². The number of piperazine rings is 1. The monoisotopic (exact) mass is 499 g/mol. The first-order chi connectivity index (χ1) is 17.2. The molecule has 1 aliphatic heterocycles. The molecule has 1 aromatic carbocycles. The fourth-order valence-corrected chi connectivity index (χ4v) is 4.64. The van der Waals surface area contributed by atoms with E-state index < -0.39 is 29.9 Å². The van der Waals surface area contributed by atoms with Crippen LogP contribution < -0.4 is 10.2 Å². The van der Waals surface area contributed by atoms with Crippen molar-refractivity contribution in [3.05, 3.63) is 59.8 Å². The van der Waals surface area contributed by atoms with E-state index in [-0.39, 0.29) is 11.6 Å². The van der Waals surface area contributed by atoms with Crippen molar-refractivity contribution < 1.29 is 23.1 Å². The van der Waals surface area contributed by atoms with Crippen LogP contribution in [0.3, 0.4) is 0 Å². The molecule has 1 fully saturated rings. The highest BCUT2D eigenvalue weighted by atomic mass is 19.3. The summed E-state index contributed by atoms with van der Waals surface area (Å²) in [5.74, 6) is 0.490. The summed E-state index contributed by atoms with van der Waals surface area (Å²) >= 11 is 0. The van der Waals surface area contributed by atoms with Crippen molar-refractivity contribution in [1.82, 2.24) is 24.3 Å². The highest BCUT2D eigenvalue weighted by Crippen LogP contribution is 2.32. The number of fused-ring (bicyclic) bond motifs is 3. The molecule has 1 amide bonds. The number of carboxylic acid groups (broad SMARTS) is 1. The number of hydrogen-bond donors (Lipinski definition) is 2. The Morgan fingerprint density at radius 1 is 1.22 bits per heavy atom. The average molecular weight is 499 g/mol. The Morgan fingerprint density at radius 2 is 2.00 bits per heavy atom. The van der Waals surface area contributed by atoms with Gasteiger partial charge in [0.25, 0.3) is 6.43 Å². The molecule has 9 nitrogen and oxygen atoms in total. The van der Waals surface area contributed by atoms with Gasteiger partial charge in [0.15, 0.2) is 0 Å². The Morgan fingerprint density at radius 3 is 2.72 bits per heavy atom. The lowest BCUT2D eigenvalue weighted by molar-refractivity contribution is 0.136. The van der Waals surface area contributed by atoms with Gasteiger partial charge in [-0.15, -0.1) is 0 Å². The SMILES string of the molecule is CC(Nc1nc2nccn2c2cnc(N3CCN(C(=O)O)CC3C)cc12)c1cccc(C(F)F)c1F. The predicted octanol–water partition coefficient (Wildman–Crippen LogP) is 4.72. The second-order valence-corrected chi connectivity index (χ2v) is 8.81. The third kappa shape index (κ3) is 4.12. The van der Waals surface area contributed by atoms with Crippen LogP contribution in [0.5, 0.6) is 0 Å². The summed E-state index contributed by atoms with van der Waals surface area (Å²) < 4.78 is 43.1. The Bertz CT molecular complexity index is 1440. The molecule has 0 bridgehead atoms. The minimum absolute atomic E-state index is 0.0960. The number of nitrogens with one attached hydrogen (secondary N) is 1. The standard InChI is InChI=1S/C24H24F3N7O2/c1-13-12-32(24(35)36)8-9-33(13)19-10-17-18(11-29-19)34-7-6-28-23(34)31-22(17)30-14(2)15-4-3-5-16(20(15)25)21(26)27/h3-7,10-11,13-14,21H,8-9,12H2,1-2H3,(H,35,36)(H,28,30,31). The number of rotatable bonds is 5. The van der Waals surface area contributed by atoms with Crippen molar-refractivity contribution in [2.75, 3.05) is 29.9 Å². The number of alkyl halides is 2. The second-order valence-electron chi connectivity index (χ2n) is 8.81. The number of amides is 1. The molecule has 36 heavy (non-hydrogen) atoms. The number of pyridine rings is 1. The van der Waals surface area contributed by atoms with Crippen molar-refractivity contribution in [1.29, 1.82) is 0 Å². The van der Waals surface area contributed by atoms with Crippen LogP contribution in [0.4, 0.5) is 29.6 Å². The molecule has 1 saturated heterocycles. The normalized spacial score (nSPS) is 17.2. The Kier molecular flexibility index (Phi) is 6.02. The lowest BCUT2D eigenvalue weighted by atomic mass is 10.0. The fourth-order valence-electron chi connectivity index (χ4n) is 4.64. The molecule has 0 spiro atoms. The lowest BCUT2D eigenvalue weighted by Gasteiger charge is -2.39. The van der Waals surface area contributed by atoms with Gasteiger partial charge in [0.2, 0.25) is 5.78 Å². The summed E-state index contributed by atoms with van der Waals surface area (Å²) in [7, 11) is 0. The van der Waals surface area contributed by atoms with E-state index in [4.69, 9.17) is 0 Å². The van der Waals surface area contributed by atoms with Gasteiger partial charge < -0.3 is 20.2 Å². The van der Waals surface area contributed by atoms with Crippen LogP contribution >= 0.6 is 0 Å². The van der Waals surface area contributed by atoms with E-state index in [1.165, 1.54) is 17.0 Å². The molecule has 12 heteroatoms. The largest absolute Gasteiger partial charge is 0.465 e. The van der Waals surface area contributed by atoms with E-state index in [0.717, 1.165) is 6.07 Å². The first kappa shape index (κ1) is 23.6. The van der Waals surface area contributed by atoms with Gasteiger partial charge in [-0.2, -0.15) is 4.98 Å². The molecule has 188 valence electrons.